The lowest BCUT2D eigenvalue weighted by atomic mass is 10.1. The third kappa shape index (κ3) is 7.25. The minimum atomic E-state index is -0.113. The van der Waals surface area contributed by atoms with Gasteiger partial charge in [0.15, 0.2) is 29.3 Å². The number of ether oxygens (including phenoxy) is 4. The zero-order valence-electron chi connectivity index (χ0n) is 30.8. The van der Waals surface area contributed by atoms with Crippen LogP contribution < -0.4 is 39.8 Å². The highest BCUT2D eigenvalue weighted by atomic mass is 16.5. The number of benzene rings is 5. The third-order valence-corrected chi connectivity index (χ3v) is 9.92. The van der Waals surface area contributed by atoms with E-state index in [2.05, 4.69) is 28.4 Å². The summed E-state index contributed by atoms with van der Waals surface area (Å²) in [6, 6.07) is 28.8. The van der Waals surface area contributed by atoms with Crippen molar-refractivity contribution in [3.05, 3.63) is 124 Å². The molecule has 7 rings (SSSR count). The molecule has 2 aliphatic rings. The molecule has 11 nitrogen and oxygen atoms in total. The Morgan fingerprint density at radius 3 is 2.17 bits per heavy atom. The topological polar surface area (TPSA) is 128 Å². The maximum atomic E-state index is 13.7. The molecule has 5 aromatic carbocycles. The average molecular weight is 726 g/mol. The Bertz CT molecular complexity index is 2240. The van der Waals surface area contributed by atoms with Gasteiger partial charge in [0, 0.05) is 61.6 Å². The average Bonchev–Trinajstić information content (AvgIpc) is 3.78. The Morgan fingerprint density at radius 1 is 0.852 bits per heavy atom. The van der Waals surface area contributed by atoms with Crippen LogP contribution in [0.15, 0.2) is 96.0 Å². The number of likely N-dealkylation sites (N-methyl/N-ethyl adjacent to an activating group) is 1. The van der Waals surface area contributed by atoms with E-state index in [1.165, 1.54) is 18.4 Å². The zero-order valence-corrected chi connectivity index (χ0v) is 30.8. The maximum absolute atomic E-state index is 13.7. The number of hydrogen-bond donors (Lipinski definition) is 2. The number of nitrogens with zero attached hydrogens (tertiary/aromatic N) is 3. The quantitative estimate of drug-likeness (QED) is 0.0732. The Hall–Kier alpha value is -6.49. The summed E-state index contributed by atoms with van der Waals surface area (Å²) in [5.74, 6) is 1.65. The lowest BCUT2D eigenvalue weighted by Gasteiger charge is -2.21. The number of carbonyl (C=O) groups excluding carboxylic acids is 2. The highest BCUT2D eigenvalue weighted by molar-refractivity contribution is 6.11. The molecule has 2 heterocycles. The fourth-order valence-corrected chi connectivity index (χ4v) is 7.12. The van der Waals surface area contributed by atoms with E-state index in [-0.39, 0.29) is 25.2 Å². The van der Waals surface area contributed by atoms with Crippen LogP contribution in [0.2, 0.25) is 0 Å². The second-order valence-corrected chi connectivity index (χ2v) is 13.3. The summed E-state index contributed by atoms with van der Waals surface area (Å²) < 4.78 is 23.8. The number of amides is 1. The van der Waals surface area contributed by atoms with Crippen LogP contribution in [0.4, 0.5) is 28.4 Å². The van der Waals surface area contributed by atoms with Gasteiger partial charge in [-0.25, -0.2) is 0 Å². The van der Waals surface area contributed by atoms with Crippen molar-refractivity contribution in [1.82, 2.24) is 0 Å². The van der Waals surface area contributed by atoms with Crippen molar-refractivity contribution >= 4 is 46.8 Å². The van der Waals surface area contributed by atoms with E-state index < -0.39 is 0 Å². The SMILES string of the molecule is CNc1cc(OCc2cc(N)cc(COc3cc(N=CC4Cc5ccccc5N4C)c(C=O)cc3OC)c2)c(OC)cc1C(=O)N1CCc2ccccc21. The molecule has 1 unspecified atom stereocenters. The standard InChI is InChI=1S/C43H43N5O6/c1-45-36-22-42(40(52-4)20-34(36)43(50)48-14-13-29-9-5-8-12-38(29)48)54-26-28-15-27(16-32(44)17-28)25-53-41-21-35(31(24-49)19-39(41)51-3)46-23-33-18-30-10-6-7-11-37(30)47(33)2/h5-12,15-17,19-24,33,45H,13-14,18,25-26,44H2,1-4H3. The van der Waals surface area contributed by atoms with E-state index in [1.807, 2.05) is 61.8 Å². The largest absolute Gasteiger partial charge is 0.493 e. The van der Waals surface area contributed by atoms with Crippen molar-refractivity contribution < 1.29 is 28.5 Å². The van der Waals surface area contributed by atoms with Crippen molar-refractivity contribution in [3.63, 3.8) is 0 Å². The lowest BCUT2D eigenvalue weighted by Crippen LogP contribution is -2.29. The van der Waals surface area contributed by atoms with E-state index in [4.69, 9.17) is 29.7 Å². The van der Waals surface area contributed by atoms with Crippen LogP contribution in [0.3, 0.4) is 0 Å². The third-order valence-electron chi connectivity index (χ3n) is 9.92. The molecule has 276 valence electrons. The molecule has 5 aromatic rings. The molecule has 0 bridgehead atoms. The number of aliphatic imine (C=N–C) groups is 1. The molecule has 0 saturated carbocycles. The van der Waals surface area contributed by atoms with Gasteiger partial charge < -0.3 is 39.8 Å². The van der Waals surface area contributed by atoms with Gasteiger partial charge in [0.2, 0.25) is 0 Å². The second-order valence-electron chi connectivity index (χ2n) is 13.3. The van der Waals surface area contributed by atoms with Crippen LogP contribution in [-0.4, -0.2) is 59.3 Å². The van der Waals surface area contributed by atoms with Crippen LogP contribution in [-0.2, 0) is 26.1 Å². The second kappa shape index (κ2) is 15.6. The highest BCUT2D eigenvalue weighted by Crippen LogP contribution is 2.38. The van der Waals surface area contributed by atoms with Crippen LogP contribution in [0.1, 0.15) is 43.0 Å². The normalized spacial score (nSPS) is 14.5. The first-order chi connectivity index (χ1) is 26.3. The molecule has 0 aliphatic carbocycles. The number of carbonyl (C=O) groups is 2. The predicted molar refractivity (Wildman–Crippen MR) is 213 cm³/mol. The van der Waals surface area contributed by atoms with Crippen LogP contribution in [0.25, 0.3) is 0 Å². The number of rotatable bonds is 13. The van der Waals surface area contributed by atoms with Crippen molar-refractivity contribution in [2.75, 3.05) is 55.7 Å². The van der Waals surface area contributed by atoms with E-state index in [9.17, 15) is 9.59 Å². The van der Waals surface area contributed by atoms with Gasteiger partial charge in [-0.05, 0) is 77.6 Å². The number of aldehydes is 1. The van der Waals surface area contributed by atoms with Crippen molar-refractivity contribution in [2.24, 2.45) is 4.99 Å². The molecule has 0 saturated heterocycles. The maximum Gasteiger partial charge on any atom is 0.260 e. The van der Waals surface area contributed by atoms with Crippen molar-refractivity contribution in [1.29, 1.82) is 0 Å². The number of methoxy groups -OCH3 is 2. The number of anilines is 4. The molecule has 2 aliphatic heterocycles. The first kappa shape index (κ1) is 35.9. The van der Waals surface area contributed by atoms with Crippen molar-refractivity contribution in [3.8, 4) is 23.0 Å². The van der Waals surface area contributed by atoms with Gasteiger partial charge in [-0.1, -0.05) is 36.4 Å². The molecule has 1 amide bonds. The van der Waals surface area contributed by atoms with Gasteiger partial charge in [-0.2, -0.15) is 0 Å². The first-order valence-corrected chi connectivity index (χ1v) is 17.8. The molecule has 0 radical (unpaired) electrons. The number of para-hydroxylation sites is 2. The van der Waals surface area contributed by atoms with Crippen molar-refractivity contribution in [2.45, 2.75) is 32.1 Å². The summed E-state index contributed by atoms with van der Waals surface area (Å²) in [7, 11) is 6.90. The Balaban J connectivity index is 1.06. The smallest absolute Gasteiger partial charge is 0.260 e. The lowest BCUT2D eigenvalue weighted by molar-refractivity contribution is 0.0989. The minimum Gasteiger partial charge on any atom is -0.493 e. The van der Waals surface area contributed by atoms with Gasteiger partial charge in [0.1, 0.15) is 13.2 Å². The van der Waals surface area contributed by atoms with Gasteiger partial charge in [-0.3, -0.25) is 14.6 Å². The number of nitrogen functional groups attached to an aromatic ring is 1. The molecular formula is C43H43N5O6. The molecule has 0 aromatic heterocycles. The highest BCUT2D eigenvalue weighted by Gasteiger charge is 2.28. The number of nitrogens with two attached hydrogens (primary N) is 1. The Morgan fingerprint density at radius 2 is 1.50 bits per heavy atom. The Labute approximate surface area is 314 Å². The van der Waals surface area contributed by atoms with E-state index in [0.717, 1.165) is 41.5 Å². The zero-order chi connectivity index (χ0) is 37.8. The summed E-state index contributed by atoms with van der Waals surface area (Å²) in [6.07, 6.45) is 4.28. The molecule has 0 fully saturated rings. The molecule has 3 N–H and O–H groups in total. The van der Waals surface area contributed by atoms with E-state index >= 15 is 0 Å². The predicted octanol–water partition coefficient (Wildman–Crippen LogP) is 7.26. The summed E-state index contributed by atoms with van der Waals surface area (Å²) in [6.45, 7) is 0.964. The Kier molecular flexibility index (Phi) is 10.4. The summed E-state index contributed by atoms with van der Waals surface area (Å²) in [5, 5.41) is 3.15. The van der Waals surface area contributed by atoms with E-state index in [0.29, 0.717) is 57.7 Å². The van der Waals surface area contributed by atoms with Crippen LogP contribution in [0.5, 0.6) is 23.0 Å². The number of fused-ring (bicyclic) bond motifs is 2. The van der Waals surface area contributed by atoms with Crippen LogP contribution >= 0.6 is 0 Å². The molecule has 0 spiro atoms. The van der Waals surface area contributed by atoms with Gasteiger partial charge in [0.05, 0.1) is 37.2 Å². The summed E-state index contributed by atoms with van der Waals surface area (Å²) in [5.41, 5.74) is 15.0. The van der Waals surface area contributed by atoms with Gasteiger partial charge in [0.25, 0.3) is 5.91 Å². The van der Waals surface area contributed by atoms with Crippen LogP contribution in [0, 0.1) is 0 Å². The first-order valence-electron chi connectivity index (χ1n) is 17.8. The monoisotopic (exact) mass is 725 g/mol. The molecular weight excluding hydrogens is 683 g/mol. The fourth-order valence-electron chi connectivity index (χ4n) is 7.12. The molecule has 11 heteroatoms. The number of nitrogens with one attached hydrogen (secondary N) is 1. The molecule has 1 atom stereocenters. The number of hydrogen-bond acceptors (Lipinski definition) is 10. The summed E-state index contributed by atoms with van der Waals surface area (Å²) in [4.78, 5) is 34.5. The molecule has 54 heavy (non-hydrogen) atoms. The summed E-state index contributed by atoms with van der Waals surface area (Å²) >= 11 is 0. The minimum absolute atomic E-state index is 0.0552. The fraction of sp³-hybridized carbons (Fsp3) is 0.233. The van der Waals surface area contributed by atoms with Gasteiger partial charge in [-0.15, -0.1) is 0 Å². The van der Waals surface area contributed by atoms with Gasteiger partial charge >= 0.3 is 0 Å². The van der Waals surface area contributed by atoms with E-state index in [1.54, 1.807) is 43.3 Å².